The first-order valence-electron chi connectivity index (χ1n) is 7.41. The minimum Gasteiger partial charge on any atom is -0.389 e. The van der Waals surface area contributed by atoms with E-state index in [0.29, 0.717) is 6.54 Å². The monoisotopic (exact) mass is 254 g/mol. The normalized spacial score (nSPS) is 31.9. The summed E-state index contributed by atoms with van der Waals surface area (Å²) < 4.78 is 0. The van der Waals surface area contributed by atoms with Gasteiger partial charge >= 0.3 is 6.03 Å². The van der Waals surface area contributed by atoms with Crippen molar-refractivity contribution < 1.29 is 9.90 Å². The zero-order valence-corrected chi connectivity index (χ0v) is 11.5. The summed E-state index contributed by atoms with van der Waals surface area (Å²) in [6.45, 7) is 4.31. The first-order valence-corrected chi connectivity index (χ1v) is 7.41. The summed E-state index contributed by atoms with van der Waals surface area (Å²) in [4.78, 5) is 13.9. The summed E-state index contributed by atoms with van der Waals surface area (Å²) in [5.41, 5.74) is -0.488. The fourth-order valence-corrected chi connectivity index (χ4v) is 3.24. The van der Waals surface area contributed by atoms with Gasteiger partial charge < -0.3 is 15.3 Å². The molecule has 1 saturated heterocycles. The van der Waals surface area contributed by atoms with Crippen LogP contribution in [0.5, 0.6) is 0 Å². The first kappa shape index (κ1) is 13.7. The Morgan fingerprint density at radius 2 is 2.28 bits per heavy atom. The van der Waals surface area contributed by atoms with E-state index in [4.69, 9.17) is 0 Å². The zero-order valence-electron chi connectivity index (χ0n) is 11.5. The maximum absolute atomic E-state index is 12.0. The molecule has 2 aliphatic rings. The molecule has 1 aliphatic carbocycles. The van der Waals surface area contributed by atoms with Gasteiger partial charge in [0.2, 0.25) is 0 Å². The van der Waals surface area contributed by atoms with Crippen molar-refractivity contribution in [3.63, 3.8) is 0 Å². The van der Waals surface area contributed by atoms with E-state index in [2.05, 4.69) is 12.2 Å². The van der Waals surface area contributed by atoms with Gasteiger partial charge in [0.1, 0.15) is 0 Å². The number of aliphatic hydroxyl groups is 1. The third-order valence-electron chi connectivity index (χ3n) is 4.52. The van der Waals surface area contributed by atoms with Crippen molar-refractivity contribution in [2.75, 3.05) is 19.6 Å². The van der Waals surface area contributed by atoms with E-state index in [-0.39, 0.29) is 11.9 Å². The van der Waals surface area contributed by atoms with Gasteiger partial charge in [-0.3, -0.25) is 0 Å². The van der Waals surface area contributed by atoms with E-state index < -0.39 is 5.60 Å². The molecule has 2 atom stereocenters. The van der Waals surface area contributed by atoms with E-state index in [1.807, 2.05) is 4.90 Å². The molecule has 0 spiro atoms. The third-order valence-corrected chi connectivity index (χ3v) is 4.52. The lowest BCUT2D eigenvalue weighted by Gasteiger charge is -2.47. The number of likely N-dealkylation sites (tertiary alicyclic amines) is 1. The van der Waals surface area contributed by atoms with Crippen LogP contribution < -0.4 is 5.32 Å². The summed E-state index contributed by atoms with van der Waals surface area (Å²) in [6, 6.07) is 0.0519. The molecule has 2 N–H and O–H groups in total. The van der Waals surface area contributed by atoms with Crippen LogP contribution in [-0.2, 0) is 0 Å². The molecule has 0 bridgehead atoms. The van der Waals surface area contributed by atoms with E-state index >= 15 is 0 Å². The fourth-order valence-electron chi connectivity index (χ4n) is 3.24. The van der Waals surface area contributed by atoms with Gasteiger partial charge in [0.15, 0.2) is 0 Å². The molecule has 0 aromatic heterocycles. The number of carbonyl (C=O) groups excluding carboxylic acids is 1. The molecule has 2 unspecified atom stereocenters. The Kier molecular flexibility index (Phi) is 4.49. The quantitative estimate of drug-likeness (QED) is 0.758. The Morgan fingerprint density at radius 3 is 3.06 bits per heavy atom. The number of fused-ring (bicyclic) bond motifs is 1. The molecule has 1 heterocycles. The number of hydrogen-bond donors (Lipinski definition) is 2. The SMILES string of the molecule is CCCCNC(=O)N1CCC2(O)CCCCC2C1. The Hall–Kier alpha value is -0.770. The minimum atomic E-state index is -0.488. The molecule has 104 valence electrons. The number of unbranched alkanes of at least 4 members (excludes halogenated alkanes) is 1. The maximum Gasteiger partial charge on any atom is 0.317 e. The van der Waals surface area contributed by atoms with Gasteiger partial charge in [-0.15, -0.1) is 0 Å². The van der Waals surface area contributed by atoms with Gasteiger partial charge in [0.05, 0.1) is 5.60 Å². The van der Waals surface area contributed by atoms with Gasteiger partial charge in [0.25, 0.3) is 0 Å². The van der Waals surface area contributed by atoms with Crippen LogP contribution in [-0.4, -0.2) is 41.3 Å². The first-order chi connectivity index (χ1) is 8.65. The van der Waals surface area contributed by atoms with Crippen molar-refractivity contribution in [1.82, 2.24) is 10.2 Å². The number of amides is 2. The summed E-state index contributed by atoms with van der Waals surface area (Å²) in [6.07, 6.45) is 7.20. The highest BCUT2D eigenvalue weighted by molar-refractivity contribution is 5.74. The van der Waals surface area contributed by atoms with Gasteiger partial charge in [-0.25, -0.2) is 4.79 Å². The van der Waals surface area contributed by atoms with E-state index in [9.17, 15) is 9.90 Å². The number of nitrogens with one attached hydrogen (secondary N) is 1. The van der Waals surface area contributed by atoms with Crippen molar-refractivity contribution >= 4 is 6.03 Å². The molecule has 4 nitrogen and oxygen atoms in total. The number of carbonyl (C=O) groups is 1. The molecule has 2 rings (SSSR count). The van der Waals surface area contributed by atoms with Crippen molar-refractivity contribution in [3.8, 4) is 0 Å². The second-order valence-corrected chi connectivity index (χ2v) is 5.83. The predicted octanol–water partition coefficient (Wildman–Crippen LogP) is 2.12. The Morgan fingerprint density at radius 1 is 1.44 bits per heavy atom. The predicted molar refractivity (Wildman–Crippen MR) is 71.4 cm³/mol. The van der Waals surface area contributed by atoms with Gasteiger partial charge in [-0.05, 0) is 25.7 Å². The highest BCUT2D eigenvalue weighted by Gasteiger charge is 2.43. The standard InChI is InChI=1S/C14H26N2O2/c1-2-3-9-15-13(17)16-10-8-14(18)7-5-4-6-12(14)11-16/h12,18H,2-11H2,1H3,(H,15,17). The Bertz CT molecular complexity index is 296. The molecule has 18 heavy (non-hydrogen) atoms. The average molecular weight is 254 g/mol. The summed E-state index contributed by atoms with van der Waals surface area (Å²) in [5, 5.41) is 13.5. The number of urea groups is 1. The summed E-state index contributed by atoms with van der Waals surface area (Å²) in [7, 11) is 0. The van der Waals surface area contributed by atoms with Crippen molar-refractivity contribution in [1.29, 1.82) is 0 Å². The van der Waals surface area contributed by atoms with Crippen LogP contribution in [0, 0.1) is 5.92 Å². The zero-order chi connectivity index (χ0) is 13.0. The average Bonchev–Trinajstić information content (AvgIpc) is 2.37. The molecule has 4 heteroatoms. The fraction of sp³-hybridized carbons (Fsp3) is 0.929. The van der Waals surface area contributed by atoms with Crippen LogP contribution in [0.1, 0.15) is 51.9 Å². The van der Waals surface area contributed by atoms with E-state index in [1.54, 1.807) is 0 Å². The van der Waals surface area contributed by atoms with Crippen LogP contribution in [0.3, 0.4) is 0 Å². The molecule has 2 fully saturated rings. The van der Waals surface area contributed by atoms with E-state index in [1.165, 1.54) is 6.42 Å². The van der Waals surface area contributed by atoms with Crippen LogP contribution in [0.15, 0.2) is 0 Å². The molecule has 1 saturated carbocycles. The molecular weight excluding hydrogens is 228 g/mol. The van der Waals surface area contributed by atoms with Gasteiger partial charge in [-0.1, -0.05) is 26.2 Å². The number of hydrogen-bond acceptors (Lipinski definition) is 2. The van der Waals surface area contributed by atoms with E-state index in [0.717, 1.165) is 51.6 Å². The second-order valence-electron chi connectivity index (χ2n) is 5.83. The summed E-state index contributed by atoms with van der Waals surface area (Å²) in [5.74, 6) is 0.289. The lowest BCUT2D eigenvalue weighted by molar-refractivity contribution is -0.0870. The second kappa shape index (κ2) is 5.91. The van der Waals surface area contributed by atoms with Crippen molar-refractivity contribution in [3.05, 3.63) is 0 Å². The number of piperidine rings is 1. The molecule has 1 aliphatic heterocycles. The van der Waals surface area contributed by atoms with Crippen LogP contribution in [0.25, 0.3) is 0 Å². The smallest absolute Gasteiger partial charge is 0.317 e. The van der Waals surface area contributed by atoms with Gasteiger partial charge in [-0.2, -0.15) is 0 Å². The maximum atomic E-state index is 12.0. The molecular formula is C14H26N2O2. The Balaban J connectivity index is 1.84. The number of rotatable bonds is 3. The summed E-state index contributed by atoms with van der Waals surface area (Å²) >= 11 is 0. The third kappa shape index (κ3) is 2.97. The molecule has 2 amide bonds. The van der Waals surface area contributed by atoms with Crippen LogP contribution >= 0.6 is 0 Å². The Labute approximate surface area is 110 Å². The lowest BCUT2D eigenvalue weighted by atomic mass is 9.71. The lowest BCUT2D eigenvalue weighted by Crippen LogP contribution is -2.56. The largest absolute Gasteiger partial charge is 0.389 e. The molecule has 0 radical (unpaired) electrons. The topological polar surface area (TPSA) is 52.6 Å². The van der Waals surface area contributed by atoms with Crippen LogP contribution in [0.4, 0.5) is 4.79 Å². The number of nitrogens with zero attached hydrogens (tertiary/aromatic N) is 1. The van der Waals surface area contributed by atoms with Crippen molar-refractivity contribution in [2.45, 2.75) is 57.5 Å². The molecule has 0 aromatic carbocycles. The van der Waals surface area contributed by atoms with Gasteiger partial charge in [0, 0.05) is 25.6 Å². The highest BCUT2D eigenvalue weighted by Crippen LogP contribution is 2.39. The minimum absolute atomic E-state index is 0.0519. The van der Waals surface area contributed by atoms with Crippen molar-refractivity contribution in [2.24, 2.45) is 5.92 Å². The van der Waals surface area contributed by atoms with Crippen LogP contribution in [0.2, 0.25) is 0 Å². The molecule has 0 aromatic rings. The highest BCUT2D eigenvalue weighted by atomic mass is 16.3.